The highest BCUT2D eigenvalue weighted by atomic mass is 35.5. The second-order valence-electron chi connectivity index (χ2n) is 10.3. The summed E-state index contributed by atoms with van der Waals surface area (Å²) in [5.41, 5.74) is 2.43. The molecule has 10 nitrogen and oxygen atoms in total. The van der Waals surface area contributed by atoms with Gasteiger partial charge in [0.15, 0.2) is 0 Å². The summed E-state index contributed by atoms with van der Waals surface area (Å²) in [7, 11) is 3.45. The summed E-state index contributed by atoms with van der Waals surface area (Å²) in [5.74, 6) is 0.384. The van der Waals surface area contributed by atoms with Crippen LogP contribution in [0.15, 0.2) is 48.9 Å². The Labute approximate surface area is 225 Å². The van der Waals surface area contributed by atoms with Gasteiger partial charge < -0.3 is 19.7 Å². The van der Waals surface area contributed by atoms with E-state index in [2.05, 4.69) is 15.4 Å². The van der Waals surface area contributed by atoms with Crippen molar-refractivity contribution in [3.8, 4) is 11.3 Å². The van der Waals surface area contributed by atoms with Crippen molar-refractivity contribution in [2.24, 2.45) is 7.05 Å². The molecule has 0 spiro atoms. The Hall–Kier alpha value is -3.89. The van der Waals surface area contributed by atoms with Crippen LogP contribution >= 0.6 is 11.6 Å². The van der Waals surface area contributed by atoms with E-state index in [0.717, 1.165) is 10.9 Å². The molecule has 1 aliphatic heterocycles. The first-order chi connectivity index (χ1) is 18.0. The van der Waals surface area contributed by atoms with E-state index in [9.17, 15) is 9.59 Å². The molecule has 0 radical (unpaired) electrons. The molecule has 4 heterocycles. The minimum Gasteiger partial charge on any atom is -0.443 e. The molecule has 1 fully saturated rings. The number of methoxy groups -OCH3 is 1. The van der Waals surface area contributed by atoms with Crippen LogP contribution in [0.2, 0.25) is 5.02 Å². The summed E-state index contributed by atoms with van der Waals surface area (Å²) >= 11 is 6.53. The molecular formula is C27H29ClN6O4. The number of carbonyl (C=O) groups excluding carboxylic acids is 2. The molecule has 4 aromatic rings. The number of aromatic nitrogens is 4. The Morgan fingerprint density at radius 3 is 2.53 bits per heavy atom. The number of amides is 1. The molecule has 0 atom stereocenters. The molecule has 198 valence electrons. The second kappa shape index (κ2) is 9.77. The predicted octanol–water partition coefficient (Wildman–Crippen LogP) is 5.09. The third-order valence-corrected chi connectivity index (χ3v) is 6.52. The van der Waals surface area contributed by atoms with Gasteiger partial charge in [0.25, 0.3) is 5.91 Å². The first-order valence-corrected chi connectivity index (χ1v) is 12.5. The minimum absolute atomic E-state index is 0.0784. The SMILES string of the molecule is COC1CN(C(=O)c2ccc(Nc3cc4c(cn3)cc(-c3cnn(C)c3)n4C(=O)OC(C)(C)C)c(Cl)c2)C1. The highest BCUT2D eigenvalue weighted by Gasteiger charge is 2.31. The molecule has 3 aromatic heterocycles. The van der Waals surface area contributed by atoms with Crippen LogP contribution in [0, 0.1) is 0 Å². The smallest absolute Gasteiger partial charge is 0.419 e. The van der Waals surface area contributed by atoms with Crippen molar-refractivity contribution in [1.29, 1.82) is 0 Å². The van der Waals surface area contributed by atoms with Crippen LogP contribution in [0.1, 0.15) is 31.1 Å². The lowest BCUT2D eigenvalue weighted by Crippen LogP contribution is -2.54. The number of fused-ring (bicyclic) bond motifs is 1. The first-order valence-electron chi connectivity index (χ1n) is 12.1. The Kier molecular flexibility index (Phi) is 6.62. The van der Waals surface area contributed by atoms with Crippen molar-refractivity contribution in [3.63, 3.8) is 0 Å². The van der Waals surface area contributed by atoms with Crippen LogP contribution in [-0.2, 0) is 16.5 Å². The van der Waals surface area contributed by atoms with E-state index < -0.39 is 11.7 Å². The zero-order valence-electron chi connectivity index (χ0n) is 21.9. The quantitative estimate of drug-likeness (QED) is 0.379. The van der Waals surface area contributed by atoms with Crippen molar-refractivity contribution in [3.05, 3.63) is 59.5 Å². The van der Waals surface area contributed by atoms with Gasteiger partial charge in [0.2, 0.25) is 0 Å². The van der Waals surface area contributed by atoms with Gasteiger partial charge in [-0.05, 0) is 45.0 Å². The number of halogens is 1. The topological polar surface area (TPSA) is 104 Å². The van der Waals surface area contributed by atoms with Gasteiger partial charge >= 0.3 is 6.09 Å². The maximum absolute atomic E-state index is 13.3. The number of hydrogen-bond acceptors (Lipinski definition) is 7. The van der Waals surface area contributed by atoms with Crippen LogP contribution < -0.4 is 5.32 Å². The second-order valence-corrected chi connectivity index (χ2v) is 10.7. The maximum atomic E-state index is 13.3. The van der Waals surface area contributed by atoms with Gasteiger partial charge in [-0.1, -0.05) is 11.6 Å². The summed E-state index contributed by atoms with van der Waals surface area (Å²) in [5, 5.41) is 8.58. The minimum atomic E-state index is -0.679. The lowest BCUT2D eigenvalue weighted by Gasteiger charge is -2.38. The van der Waals surface area contributed by atoms with E-state index >= 15 is 0 Å². The first kappa shape index (κ1) is 25.7. The Morgan fingerprint density at radius 1 is 1.13 bits per heavy atom. The van der Waals surface area contributed by atoms with Crippen LogP contribution in [0.5, 0.6) is 0 Å². The average molecular weight is 537 g/mol. The molecule has 1 aliphatic rings. The number of benzene rings is 1. The molecule has 1 amide bonds. The largest absolute Gasteiger partial charge is 0.443 e. The van der Waals surface area contributed by atoms with E-state index in [1.165, 1.54) is 4.57 Å². The van der Waals surface area contributed by atoms with Crippen molar-refractivity contribution in [2.45, 2.75) is 32.5 Å². The van der Waals surface area contributed by atoms with Gasteiger partial charge in [0.05, 0.1) is 34.2 Å². The molecule has 38 heavy (non-hydrogen) atoms. The van der Waals surface area contributed by atoms with E-state index in [-0.39, 0.29) is 12.0 Å². The number of anilines is 2. The maximum Gasteiger partial charge on any atom is 0.419 e. The van der Waals surface area contributed by atoms with Gasteiger partial charge in [-0.2, -0.15) is 5.10 Å². The number of rotatable bonds is 5. The molecule has 1 aromatic carbocycles. The summed E-state index contributed by atoms with van der Waals surface area (Å²) in [6.07, 6.45) is 4.78. The van der Waals surface area contributed by atoms with E-state index in [0.29, 0.717) is 46.4 Å². The molecule has 11 heteroatoms. The van der Waals surface area contributed by atoms with Crippen molar-refractivity contribution >= 4 is 46.0 Å². The van der Waals surface area contributed by atoms with Gasteiger partial charge in [-0.15, -0.1) is 0 Å². The van der Waals surface area contributed by atoms with Crippen molar-refractivity contribution in [1.82, 2.24) is 24.2 Å². The lowest BCUT2D eigenvalue weighted by molar-refractivity contribution is -0.0191. The average Bonchev–Trinajstić information content (AvgIpc) is 3.41. The molecule has 0 saturated carbocycles. The monoisotopic (exact) mass is 536 g/mol. The van der Waals surface area contributed by atoms with Crippen LogP contribution in [0.25, 0.3) is 22.2 Å². The molecule has 0 unspecified atom stereocenters. The molecule has 0 bridgehead atoms. The fourth-order valence-corrected chi connectivity index (χ4v) is 4.49. The van der Waals surface area contributed by atoms with E-state index in [1.54, 1.807) is 53.4 Å². The summed E-state index contributed by atoms with van der Waals surface area (Å²) in [6.45, 7) is 6.60. The predicted molar refractivity (Wildman–Crippen MR) is 145 cm³/mol. The standard InChI is InChI=1S/C27H29ClN6O4/c1-27(2,3)38-26(36)34-22(18-12-30-32(4)13-18)9-17-11-29-24(10-23(17)34)31-21-7-6-16(8-20(21)28)25(35)33-14-19(15-33)37-5/h6-13,19H,14-15H2,1-5H3,(H,29,31). The number of aryl methyl sites for hydroxylation is 1. The lowest BCUT2D eigenvalue weighted by atomic mass is 10.1. The number of nitrogens with zero attached hydrogens (tertiary/aromatic N) is 5. The molecule has 1 N–H and O–H groups in total. The molecule has 0 aliphatic carbocycles. The number of carbonyl (C=O) groups is 2. The number of pyridine rings is 1. The number of likely N-dealkylation sites (tertiary alicyclic amines) is 1. The Morgan fingerprint density at radius 2 is 1.89 bits per heavy atom. The molecular weight excluding hydrogens is 508 g/mol. The third kappa shape index (κ3) is 5.09. The van der Waals surface area contributed by atoms with Crippen LogP contribution in [0.3, 0.4) is 0 Å². The third-order valence-electron chi connectivity index (χ3n) is 6.21. The fraction of sp³-hybridized carbons (Fsp3) is 0.333. The van der Waals surface area contributed by atoms with Crippen LogP contribution in [-0.4, -0.2) is 68.1 Å². The van der Waals surface area contributed by atoms with Crippen molar-refractivity contribution < 1.29 is 19.1 Å². The highest BCUT2D eigenvalue weighted by molar-refractivity contribution is 6.33. The summed E-state index contributed by atoms with van der Waals surface area (Å²) in [4.78, 5) is 32.2. The zero-order chi connectivity index (χ0) is 27.2. The van der Waals surface area contributed by atoms with Crippen LogP contribution in [0.4, 0.5) is 16.3 Å². The van der Waals surface area contributed by atoms with Gasteiger partial charge in [0.1, 0.15) is 11.4 Å². The number of nitrogens with one attached hydrogen (secondary N) is 1. The fourth-order valence-electron chi connectivity index (χ4n) is 4.26. The number of hydrogen-bond donors (Lipinski definition) is 1. The van der Waals surface area contributed by atoms with E-state index in [1.807, 2.05) is 40.1 Å². The zero-order valence-corrected chi connectivity index (χ0v) is 22.6. The number of ether oxygens (including phenoxy) is 2. The Balaban J connectivity index is 1.46. The molecule has 5 rings (SSSR count). The van der Waals surface area contributed by atoms with Crippen molar-refractivity contribution in [2.75, 3.05) is 25.5 Å². The van der Waals surface area contributed by atoms with Gasteiger partial charge in [0, 0.05) is 62.2 Å². The summed E-state index contributed by atoms with van der Waals surface area (Å²) < 4.78 is 14.1. The normalized spacial score (nSPS) is 14.0. The van der Waals surface area contributed by atoms with Gasteiger partial charge in [-0.25, -0.2) is 14.3 Å². The highest BCUT2D eigenvalue weighted by Crippen LogP contribution is 2.32. The Bertz CT molecular complexity index is 1530. The summed E-state index contributed by atoms with van der Waals surface area (Å²) in [6, 6.07) is 8.74. The molecule has 1 saturated heterocycles. The van der Waals surface area contributed by atoms with Gasteiger partial charge in [-0.3, -0.25) is 9.48 Å². The van der Waals surface area contributed by atoms with E-state index in [4.69, 9.17) is 21.1 Å².